The molecule has 114 valence electrons. The molecule has 1 unspecified atom stereocenters. The van der Waals surface area contributed by atoms with E-state index in [-0.39, 0.29) is 9.64 Å². The average molecular weight is 309 g/mol. The second-order valence-corrected chi connectivity index (χ2v) is 7.25. The summed E-state index contributed by atoms with van der Waals surface area (Å²) in [7, 11) is -1.80. The molecule has 5 nitrogen and oxygen atoms in total. The van der Waals surface area contributed by atoms with E-state index in [1.165, 1.54) is 0 Å². The molecule has 0 spiro atoms. The third-order valence-corrected chi connectivity index (χ3v) is 5.88. The summed E-state index contributed by atoms with van der Waals surface area (Å²) in [5.74, 6) is 0.752. The summed E-state index contributed by atoms with van der Waals surface area (Å²) < 4.78 is 30.3. The van der Waals surface area contributed by atoms with Gasteiger partial charge in [0.2, 0.25) is 0 Å². The van der Waals surface area contributed by atoms with E-state index in [4.69, 9.17) is 10.5 Å². The minimum Gasteiger partial charge on any atom is -0.497 e. The fourth-order valence-corrected chi connectivity index (χ4v) is 3.96. The second kappa shape index (κ2) is 6.01. The zero-order valence-corrected chi connectivity index (χ0v) is 13.1. The first-order chi connectivity index (χ1) is 9.99. The van der Waals surface area contributed by atoms with Gasteiger partial charge in [0, 0.05) is 24.3 Å². The third kappa shape index (κ3) is 2.74. The highest BCUT2D eigenvalue weighted by atomic mass is 32.2. The topological polar surface area (TPSA) is 69.4 Å². The van der Waals surface area contributed by atoms with Gasteiger partial charge in [-0.3, -0.25) is 0 Å². The molecule has 1 aliphatic rings. The Morgan fingerprint density at radius 3 is 2.48 bits per heavy atom. The van der Waals surface area contributed by atoms with Crippen molar-refractivity contribution in [2.45, 2.75) is 6.92 Å². The van der Waals surface area contributed by atoms with E-state index in [9.17, 15) is 8.42 Å². The van der Waals surface area contributed by atoms with Gasteiger partial charge < -0.3 is 10.5 Å². The molecule has 1 aromatic rings. The van der Waals surface area contributed by atoms with Crippen LogP contribution in [-0.2, 0) is 10.0 Å². The summed E-state index contributed by atoms with van der Waals surface area (Å²) in [6.07, 6.45) is 5.48. The van der Waals surface area contributed by atoms with Crippen LogP contribution in [0.2, 0.25) is 0 Å². The van der Waals surface area contributed by atoms with Gasteiger partial charge >= 0.3 is 10.0 Å². The second-order valence-electron chi connectivity index (χ2n) is 4.86. The molecule has 21 heavy (non-hydrogen) atoms. The summed E-state index contributed by atoms with van der Waals surface area (Å²) in [5.41, 5.74) is 7.19. The lowest BCUT2D eigenvalue weighted by atomic mass is 10.2. The Labute approximate surface area is 126 Å². The van der Waals surface area contributed by atoms with Crippen molar-refractivity contribution in [2.75, 3.05) is 26.0 Å². The Kier molecular flexibility index (Phi) is 4.51. The molecule has 0 saturated heterocycles. The van der Waals surface area contributed by atoms with Crippen molar-refractivity contribution in [1.82, 2.24) is 3.89 Å². The Morgan fingerprint density at radius 1 is 1.29 bits per heavy atom. The van der Waals surface area contributed by atoms with Gasteiger partial charge in [-0.25, -0.2) is 0 Å². The minimum atomic E-state index is -3.39. The van der Waals surface area contributed by atoms with E-state index in [2.05, 4.69) is 0 Å². The summed E-state index contributed by atoms with van der Waals surface area (Å²) in [4.78, 5) is 0. The molecule has 0 fully saturated rings. The molecular weight excluding hydrogens is 288 g/mol. The average Bonchev–Trinajstić information content (AvgIpc) is 2.54. The predicted octanol–water partition coefficient (Wildman–Crippen LogP) is 1.76. The summed E-state index contributed by atoms with van der Waals surface area (Å²) in [5, 5.41) is 0. The first-order valence-electron chi connectivity index (χ1n) is 6.82. The zero-order chi connectivity index (χ0) is 15.5. The number of nitrogens with zero attached hydrogens (tertiary/aromatic N) is 1. The van der Waals surface area contributed by atoms with E-state index in [1.54, 1.807) is 44.5 Å². The monoisotopic (exact) mass is 309 g/mol. The van der Waals surface area contributed by atoms with Crippen LogP contribution in [0.15, 0.2) is 48.2 Å². The number of hydrogen-bond donors (Lipinski definition) is 1. The summed E-state index contributed by atoms with van der Waals surface area (Å²) in [6.45, 7) is 2.34. The molecule has 0 aromatic heterocycles. The number of sulfonamides is 1. The van der Waals surface area contributed by atoms with Crippen LogP contribution in [0.3, 0.4) is 0 Å². The maximum absolute atomic E-state index is 12.7. The fraction of sp³-hybridized carbons (Fsp3) is 0.333. The molecule has 2 N–H and O–H groups in total. The number of methoxy groups -OCH3 is 1. The van der Waals surface area contributed by atoms with Crippen LogP contribution >= 0.6 is 0 Å². The normalized spacial score (nSPS) is 22.0. The third-order valence-electron chi connectivity index (χ3n) is 3.69. The van der Waals surface area contributed by atoms with E-state index < -0.39 is 10.0 Å². The van der Waals surface area contributed by atoms with Crippen LogP contribution in [0, 0.1) is 0 Å². The van der Waals surface area contributed by atoms with E-state index in [0.29, 0.717) is 24.5 Å². The van der Waals surface area contributed by atoms with Crippen molar-refractivity contribution >= 4 is 15.7 Å². The van der Waals surface area contributed by atoms with Crippen LogP contribution in [0.1, 0.15) is 6.92 Å². The van der Waals surface area contributed by atoms with E-state index in [1.807, 2.05) is 12.2 Å². The van der Waals surface area contributed by atoms with Crippen LogP contribution in [0.5, 0.6) is 5.75 Å². The summed E-state index contributed by atoms with van der Waals surface area (Å²) >= 11 is 0. The van der Waals surface area contributed by atoms with Gasteiger partial charge in [-0.1, -0.05) is 6.08 Å². The Bertz CT molecular complexity index is 663. The van der Waals surface area contributed by atoms with Crippen molar-refractivity contribution in [3.63, 3.8) is 0 Å². The van der Waals surface area contributed by atoms with Crippen molar-refractivity contribution in [3.8, 4) is 5.75 Å². The molecule has 0 bridgehead atoms. The minimum absolute atomic E-state index is 0.0568. The number of rotatable bonds is 5. The van der Waals surface area contributed by atoms with Gasteiger partial charge in [-0.05, 0) is 25.1 Å². The van der Waals surface area contributed by atoms with Crippen LogP contribution in [0.25, 0.3) is 0 Å². The van der Waals surface area contributed by atoms with Crippen LogP contribution < -0.4 is 14.4 Å². The van der Waals surface area contributed by atoms with Crippen LogP contribution in [-0.4, -0.2) is 34.4 Å². The molecule has 1 aromatic carbocycles. The van der Waals surface area contributed by atoms with Crippen molar-refractivity contribution in [2.24, 2.45) is 5.73 Å². The highest BCUT2D eigenvalue weighted by molar-refractivity contribution is 7.91. The van der Waals surface area contributed by atoms with Gasteiger partial charge in [0.25, 0.3) is 0 Å². The first kappa shape index (κ1) is 15.8. The van der Waals surface area contributed by atoms with E-state index in [0.717, 1.165) is 5.57 Å². The molecule has 1 atom stereocenters. The predicted molar refractivity (Wildman–Crippen MR) is 85.4 cm³/mol. The van der Waals surface area contributed by atoms with Crippen molar-refractivity contribution in [3.05, 3.63) is 48.2 Å². The van der Waals surface area contributed by atoms with Crippen LogP contribution in [0.4, 0.5) is 5.69 Å². The van der Waals surface area contributed by atoms with Gasteiger partial charge in [-0.15, -0.1) is 0 Å². The standard InChI is InChI=1S/C15H21N2O3S/c1-3-21(18,19)17(10-4-5-13(11-16)12-17)14-6-8-15(20-2)9-7-14/h4-9,12H,3,10-11,16H2,1-2H3/q+1. The molecule has 0 aliphatic carbocycles. The number of hydrogen-bond acceptors (Lipinski definition) is 4. The summed E-state index contributed by atoms with van der Waals surface area (Å²) in [6, 6.07) is 7.12. The first-order valence-corrected chi connectivity index (χ1v) is 8.43. The van der Waals surface area contributed by atoms with Gasteiger partial charge in [0.1, 0.15) is 18.5 Å². The molecule has 0 radical (unpaired) electrons. The lowest BCUT2D eigenvalue weighted by Gasteiger charge is -2.34. The highest BCUT2D eigenvalue weighted by Gasteiger charge is 2.42. The van der Waals surface area contributed by atoms with E-state index >= 15 is 0 Å². The SMILES string of the molecule is CCS(=O)(=O)[N+]1(c2ccc(OC)cc2)C=C(CN)C=CC1. The number of ether oxygens (including phenoxy) is 1. The molecule has 0 amide bonds. The van der Waals surface area contributed by atoms with Gasteiger partial charge in [0.05, 0.1) is 12.9 Å². The van der Waals surface area contributed by atoms with Crippen molar-refractivity contribution < 1.29 is 13.2 Å². The molecule has 0 saturated carbocycles. The Balaban J connectivity index is 2.62. The maximum Gasteiger partial charge on any atom is 0.306 e. The molecule has 6 heteroatoms. The molecule has 1 aliphatic heterocycles. The van der Waals surface area contributed by atoms with Gasteiger partial charge in [-0.2, -0.15) is 12.3 Å². The lowest BCUT2D eigenvalue weighted by Crippen LogP contribution is -2.51. The molecule has 2 rings (SSSR count). The zero-order valence-electron chi connectivity index (χ0n) is 12.3. The quantitative estimate of drug-likeness (QED) is 0.842. The Hall–Kier alpha value is -1.63. The smallest absolute Gasteiger partial charge is 0.306 e. The number of nitrogens with two attached hydrogens (primary N) is 1. The fourth-order valence-electron chi connectivity index (χ4n) is 2.44. The lowest BCUT2D eigenvalue weighted by molar-refractivity contribution is 0.414. The Morgan fingerprint density at radius 2 is 1.95 bits per heavy atom. The van der Waals surface area contributed by atoms with Crippen molar-refractivity contribution in [1.29, 1.82) is 0 Å². The largest absolute Gasteiger partial charge is 0.497 e. The highest BCUT2D eigenvalue weighted by Crippen LogP contribution is 2.33. The molecule has 1 heterocycles. The number of benzene rings is 1. The van der Waals surface area contributed by atoms with Gasteiger partial charge in [0.15, 0.2) is 5.69 Å². The maximum atomic E-state index is 12.7. The number of quaternary nitrogens is 1. The molecular formula is C15H21N2O3S+.